The number of anilines is 1. The van der Waals surface area contributed by atoms with Crippen LogP contribution in [0.1, 0.15) is 44.2 Å². The number of alkyl halides is 3. The first-order valence-corrected chi connectivity index (χ1v) is 12.0. The van der Waals surface area contributed by atoms with Crippen molar-refractivity contribution in [2.75, 3.05) is 11.9 Å². The number of nitrogens with zero attached hydrogens (tertiary/aromatic N) is 4. The summed E-state index contributed by atoms with van der Waals surface area (Å²) in [5.41, 5.74) is 2.52. The van der Waals surface area contributed by atoms with Gasteiger partial charge in [0, 0.05) is 17.6 Å². The van der Waals surface area contributed by atoms with Gasteiger partial charge in [-0.05, 0) is 74.8 Å². The molecule has 0 bridgehead atoms. The standard InChI is InChI=1S/C26H26F3N5O2/c1-2-36-24-20-11-12-34(23(20)30-15-31-24)19-9-6-16(13-19)3-4-17-5-7-18-8-10-22(32-21(18)14-17)33-25(35)26(27,28)29/h5,7-8,10-12,14-16,19H,2-4,6,9,13H2,1H3,(H,32,33,35). The highest BCUT2D eigenvalue weighted by molar-refractivity contribution is 5.95. The Morgan fingerprint density at radius 3 is 2.81 bits per heavy atom. The van der Waals surface area contributed by atoms with Gasteiger partial charge in [0.15, 0.2) is 0 Å². The van der Waals surface area contributed by atoms with Crippen molar-refractivity contribution < 1.29 is 22.7 Å². The number of benzene rings is 1. The highest BCUT2D eigenvalue weighted by atomic mass is 19.4. The molecular formula is C26H26F3N5O2. The lowest BCUT2D eigenvalue weighted by atomic mass is 9.97. The lowest BCUT2D eigenvalue weighted by Gasteiger charge is -2.15. The predicted molar refractivity (Wildman–Crippen MR) is 130 cm³/mol. The van der Waals surface area contributed by atoms with Crippen LogP contribution in [0.25, 0.3) is 21.9 Å². The van der Waals surface area contributed by atoms with Crippen molar-refractivity contribution in [3.05, 3.63) is 54.5 Å². The van der Waals surface area contributed by atoms with Crippen LogP contribution in [0.5, 0.6) is 5.88 Å². The molecule has 5 rings (SSSR count). The van der Waals surface area contributed by atoms with E-state index in [0.29, 0.717) is 30.0 Å². The smallest absolute Gasteiger partial charge is 0.471 e. The number of hydrogen-bond acceptors (Lipinski definition) is 5. The molecule has 0 spiro atoms. The van der Waals surface area contributed by atoms with Gasteiger partial charge in [0.1, 0.15) is 17.8 Å². The van der Waals surface area contributed by atoms with Crippen LogP contribution in [-0.4, -0.2) is 38.2 Å². The number of amides is 1. The van der Waals surface area contributed by atoms with Crippen molar-refractivity contribution in [2.45, 2.75) is 51.2 Å². The highest BCUT2D eigenvalue weighted by Crippen LogP contribution is 2.39. The average Bonchev–Trinajstić information content (AvgIpc) is 3.49. The topological polar surface area (TPSA) is 81.9 Å². The van der Waals surface area contributed by atoms with Gasteiger partial charge in [0.25, 0.3) is 0 Å². The van der Waals surface area contributed by atoms with Crippen LogP contribution in [0.3, 0.4) is 0 Å². The van der Waals surface area contributed by atoms with E-state index in [1.54, 1.807) is 12.4 Å². The molecular weight excluding hydrogens is 471 g/mol. The fourth-order valence-electron chi connectivity index (χ4n) is 5.00. The molecule has 4 aromatic rings. The molecule has 10 heteroatoms. The Hall–Kier alpha value is -3.69. The van der Waals surface area contributed by atoms with Gasteiger partial charge in [0.05, 0.1) is 17.5 Å². The summed E-state index contributed by atoms with van der Waals surface area (Å²) < 4.78 is 45.5. The van der Waals surface area contributed by atoms with Crippen molar-refractivity contribution in [3.8, 4) is 5.88 Å². The molecule has 1 aliphatic carbocycles. The first-order chi connectivity index (χ1) is 17.3. The molecule has 3 heterocycles. The van der Waals surface area contributed by atoms with E-state index in [1.165, 1.54) is 6.07 Å². The van der Waals surface area contributed by atoms with Crippen LogP contribution >= 0.6 is 0 Å². The second kappa shape index (κ2) is 9.75. The minimum absolute atomic E-state index is 0.115. The fraction of sp³-hybridized carbons (Fsp3) is 0.385. The number of ether oxygens (including phenoxy) is 1. The van der Waals surface area contributed by atoms with Crippen LogP contribution in [0, 0.1) is 5.92 Å². The molecule has 2 atom stereocenters. The maximum atomic E-state index is 12.6. The van der Waals surface area contributed by atoms with Gasteiger partial charge < -0.3 is 14.6 Å². The molecule has 0 saturated heterocycles. The zero-order valence-electron chi connectivity index (χ0n) is 19.8. The molecule has 0 aliphatic heterocycles. The van der Waals surface area contributed by atoms with Crippen LogP contribution in [0.4, 0.5) is 19.0 Å². The van der Waals surface area contributed by atoms with Gasteiger partial charge in [-0.15, -0.1) is 0 Å². The molecule has 1 aromatic carbocycles. The van der Waals surface area contributed by atoms with Crippen molar-refractivity contribution in [1.29, 1.82) is 0 Å². The van der Waals surface area contributed by atoms with Crippen molar-refractivity contribution in [1.82, 2.24) is 19.5 Å². The molecule has 1 fully saturated rings. The van der Waals surface area contributed by atoms with E-state index in [0.717, 1.165) is 54.1 Å². The number of nitrogens with one attached hydrogen (secondary N) is 1. The van der Waals surface area contributed by atoms with Gasteiger partial charge in [-0.25, -0.2) is 15.0 Å². The molecule has 1 N–H and O–H groups in total. The highest BCUT2D eigenvalue weighted by Gasteiger charge is 2.39. The van der Waals surface area contributed by atoms with Gasteiger partial charge >= 0.3 is 12.1 Å². The Labute approximate surface area is 205 Å². The third-order valence-electron chi connectivity index (χ3n) is 6.76. The Morgan fingerprint density at radius 1 is 1.17 bits per heavy atom. The molecule has 3 aromatic heterocycles. The van der Waals surface area contributed by atoms with Crippen molar-refractivity contribution in [2.24, 2.45) is 5.92 Å². The van der Waals surface area contributed by atoms with Crippen LogP contribution in [0.2, 0.25) is 0 Å². The zero-order chi connectivity index (χ0) is 25.3. The number of halogens is 3. The fourth-order valence-corrected chi connectivity index (χ4v) is 5.00. The third kappa shape index (κ3) is 4.98. The van der Waals surface area contributed by atoms with E-state index in [2.05, 4.69) is 25.7 Å². The molecule has 1 saturated carbocycles. The third-order valence-corrected chi connectivity index (χ3v) is 6.76. The van der Waals surface area contributed by atoms with Crippen molar-refractivity contribution in [3.63, 3.8) is 0 Å². The number of carbonyl (C=O) groups is 1. The molecule has 1 amide bonds. The number of pyridine rings is 1. The number of hydrogen-bond donors (Lipinski definition) is 1. The molecule has 0 radical (unpaired) electrons. The van der Waals surface area contributed by atoms with E-state index in [4.69, 9.17) is 4.74 Å². The van der Waals surface area contributed by atoms with Gasteiger partial charge in [-0.3, -0.25) is 4.79 Å². The van der Waals surface area contributed by atoms with Crippen LogP contribution in [0.15, 0.2) is 48.9 Å². The summed E-state index contributed by atoms with van der Waals surface area (Å²) >= 11 is 0. The first kappa shape index (κ1) is 24.0. The van der Waals surface area contributed by atoms with Gasteiger partial charge in [-0.2, -0.15) is 13.2 Å². The summed E-state index contributed by atoms with van der Waals surface area (Å²) in [5.74, 6) is -0.975. The second-order valence-electron chi connectivity index (χ2n) is 9.12. The van der Waals surface area contributed by atoms with Gasteiger partial charge in [-0.1, -0.05) is 12.1 Å². The quantitative estimate of drug-likeness (QED) is 0.346. The average molecular weight is 498 g/mol. The number of fused-ring (bicyclic) bond motifs is 2. The number of aryl methyl sites for hydroxylation is 1. The minimum Gasteiger partial charge on any atom is -0.477 e. The number of carbonyl (C=O) groups excluding carboxylic acids is 1. The Balaban J connectivity index is 1.23. The molecule has 36 heavy (non-hydrogen) atoms. The largest absolute Gasteiger partial charge is 0.477 e. The van der Waals surface area contributed by atoms with E-state index in [9.17, 15) is 18.0 Å². The number of aromatic nitrogens is 4. The Bertz CT molecular complexity index is 1400. The lowest BCUT2D eigenvalue weighted by Crippen LogP contribution is -2.30. The maximum absolute atomic E-state index is 12.6. The summed E-state index contributed by atoms with van der Waals surface area (Å²) in [4.78, 5) is 24.2. The van der Waals surface area contributed by atoms with Gasteiger partial charge in [0.2, 0.25) is 5.88 Å². The van der Waals surface area contributed by atoms with Crippen molar-refractivity contribution >= 4 is 33.7 Å². The number of rotatable bonds is 7. The minimum atomic E-state index is -4.96. The zero-order valence-corrected chi connectivity index (χ0v) is 19.8. The summed E-state index contributed by atoms with van der Waals surface area (Å²) in [6, 6.07) is 11.2. The summed E-state index contributed by atoms with van der Waals surface area (Å²) in [6.07, 6.45) is 3.75. The lowest BCUT2D eigenvalue weighted by molar-refractivity contribution is -0.167. The van der Waals surface area contributed by atoms with E-state index < -0.39 is 12.1 Å². The summed E-state index contributed by atoms with van der Waals surface area (Å²) in [6.45, 7) is 2.49. The Kier molecular flexibility index (Phi) is 6.51. The summed E-state index contributed by atoms with van der Waals surface area (Å²) in [7, 11) is 0. The molecule has 1 aliphatic rings. The first-order valence-electron chi connectivity index (χ1n) is 12.0. The predicted octanol–water partition coefficient (Wildman–Crippen LogP) is 5.85. The normalized spacial score (nSPS) is 18.1. The van der Waals surface area contributed by atoms with E-state index >= 15 is 0 Å². The van der Waals surface area contributed by atoms with E-state index in [-0.39, 0.29) is 5.82 Å². The summed E-state index contributed by atoms with van der Waals surface area (Å²) in [5, 5.41) is 3.55. The SMILES string of the molecule is CCOc1ncnc2c1ccn2C1CCC(CCc2ccc3ccc(NC(=O)C(F)(F)F)nc3c2)C1. The molecule has 2 unspecified atom stereocenters. The molecule has 7 nitrogen and oxygen atoms in total. The molecule has 188 valence electrons. The van der Waals surface area contributed by atoms with Crippen LogP contribution in [-0.2, 0) is 11.2 Å². The van der Waals surface area contributed by atoms with Crippen LogP contribution < -0.4 is 10.1 Å². The second-order valence-corrected chi connectivity index (χ2v) is 9.12. The van der Waals surface area contributed by atoms with E-state index in [1.807, 2.05) is 36.5 Å². The monoisotopic (exact) mass is 497 g/mol. The Morgan fingerprint density at radius 2 is 2.00 bits per heavy atom. The maximum Gasteiger partial charge on any atom is 0.471 e.